The zero-order valence-corrected chi connectivity index (χ0v) is 12.2. The van der Waals surface area contributed by atoms with Gasteiger partial charge in [0.1, 0.15) is 0 Å². The second-order valence-corrected chi connectivity index (χ2v) is 5.98. The van der Waals surface area contributed by atoms with Crippen LogP contribution in [0.3, 0.4) is 0 Å². The van der Waals surface area contributed by atoms with Gasteiger partial charge in [0.05, 0.1) is 12.6 Å². The van der Waals surface area contributed by atoms with Crippen molar-refractivity contribution >= 4 is 5.96 Å². The van der Waals surface area contributed by atoms with Gasteiger partial charge in [0.15, 0.2) is 5.96 Å². The molecular formula is C15H27N3O. The van der Waals surface area contributed by atoms with Gasteiger partial charge < -0.3 is 15.8 Å². The van der Waals surface area contributed by atoms with E-state index >= 15 is 0 Å². The van der Waals surface area contributed by atoms with Crippen molar-refractivity contribution in [1.82, 2.24) is 5.32 Å². The lowest BCUT2D eigenvalue weighted by molar-refractivity contribution is -0.125. The van der Waals surface area contributed by atoms with Crippen molar-refractivity contribution in [1.29, 1.82) is 0 Å². The highest BCUT2D eigenvalue weighted by molar-refractivity contribution is 5.78. The lowest BCUT2D eigenvalue weighted by atomic mass is 9.60. The third kappa shape index (κ3) is 2.94. The molecule has 0 radical (unpaired) electrons. The van der Waals surface area contributed by atoms with Crippen LogP contribution < -0.4 is 11.1 Å². The molecule has 2 saturated carbocycles. The Morgan fingerprint density at radius 3 is 2.74 bits per heavy atom. The number of rotatable bonds is 5. The highest BCUT2D eigenvalue weighted by atomic mass is 16.5. The summed E-state index contributed by atoms with van der Waals surface area (Å²) in [6, 6.07) is 0.431. The molecule has 2 aliphatic carbocycles. The fourth-order valence-corrected chi connectivity index (χ4v) is 3.53. The molecule has 2 fully saturated rings. The molecule has 0 aromatic heterocycles. The summed E-state index contributed by atoms with van der Waals surface area (Å²) in [4.78, 5) is 4.31. The maximum Gasteiger partial charge on any atom is 0.189 e. The van der Waals surface area contributed by atoms with Crippen LogP contribution in [0.2, 0.25) is 0 Å². The van der Waals surface area contributed by atoms with Crippen LogP contribution in [0.15, 0.2) is 17.1 Å². The average Bonchev–Trinajstić information content (AvgIpc) is 2.87. The average molecular weight is 265 g/mol. The van der Waals surface area contributed by atoms with Gasteiger partial charge in [0.25, 0.3) is 0 Å². The van der Waals surface area contributed by atoms with Crippen LogP contribution in [0.5, 0.6) is 0 Å². The lowest BCUT2D eigenvalue weighted by Gasteiger charge is -2.54. The summed E-state index contributed by atoms with van der Waals surface area (Å²) in [5, 5.41) is 3.40. The van der Waals surface area contributed by atoms with Gasteiger partial charge in [0.2, 0.25) is 0 Å². The third-order valence-corrected chi connectivity index (χ3v) is 4.53. The largest absolute Gasteiger partial charge is 0.378 e. The van der Waals surface area contributed by atoms with Gasteiger partial charge in [-0.3, -0.25) is 0 Å². The summed E-state index contributed by atoms with van der Waals surface area (Å²) in [5.74, 6) is 0.550. The summed E-state index contributed by atoms with van der Waals surface area (Å²) in [5.41, 5.74) is 7.29. The molecule has 0 bridgehead atoms. The minimum absolute atomic E-state index is 0.305. The molecule has 0 aliphatic heterocycles. The van der Waals surface area contributed by atoms with E-state index in [0.29, 0.717) is 30.1 Å². The minimum atomic E-state index is 0.305. The van der Waals surface area contributed by atoms with E-state index in [1.165, 1.54) is 25.7 Å². The highest BCUT2D eigenvalue weighted by Gasteiger charge is 2.56. The Morgan fingerprint density at radius 1 is 1.47 bits per heavy atom. The van der Waals surface area contributed by atoms with Gasteiger partial charge in [-0.05, 0) is 33.1 Å². The first-order chi connectivity index (χ1) is 9.08. The van der Waals surface area contributed by atoms with E-state index in [2.05, 4.69) is 23.8 Å². The Kier molecular flexibility index (Phi) is 4.50. The molecule has 2 unspecified atom stereocenters. The smallest absolute Gasteiger partial charge is 0.189 e. The van der Waals surface area contributed by atoms with E-state index in [4.69, 9.17) is 10.5 Å². The normalized spacial score (nSPS) is 29.3. The van der Waals surface area contributed by atoms with Gasteiger partial charge in [0, 0.05) is 18.1 Å². The first-order valence-corrected chi connectivity index (χ1v) is 7.41. The number of hydrogen-bond donors (Lipinski definition) is 2. The summed E-state index contributed by atoms with van der Waals surface area (Å²) >= 11 is 0. The number of guanidine groups is 1. The molecule has 0 heterocycles. The maximum atomic E-state index is 5.96. The number of hydrogen-bond acceptors (Lipinski definition) is 2. The quantitative estimate of drug-likeness (QED) is 0.455. The molecule has 2 aliphatic rings. The zero-order valence-electron chi connectivity index (χ0n) is 12.2. The van der Waals surface area contributed by atoms with Crippen molar-refractivity contribution in [3.63, 3.8) is 0 Å². The minimum Gasteiger partial charge on any atom is -0.378 e. The summed E-state index contributed by atoms with van der Waals surface area (Å²) in [7, 11) is 0. The Bertz CT molecular complexity index is 358. The van der Waals surface area contributed by atoms with E-state index in [-0.39, 0.29) is 0 Å². The van der Waals surface area contributed by atoms with Crippen molar-refractivity contribution in [2.45, 2.75) is 58.1 Å². The van der Waals surface area contributed by atoms with Gasteiger partial charge in [-0.15, -0.1) is 0 Å². The van der Waals surface area contributed by atoms with Gasteiger partial charge in [-0.25, -0.2) is 4.99 Å². The van der Waals surface area contributed by atoms with Crippen LogP contribution in [-0.4, -0.2) is 31.3 Å². The molecule has 0 aromatic carbocycles. The van der Waals surface area contributed by atoms with Crippen LogP contribution in [-0.2, 0) is 4.74 Å². The van der Waals surface area contributed by atoms with E-state index in [1.54, 1.807) is 0 Å². The van der Waals surface area contributed by atoms with Crippen molar-refractivity contribution in [2.75, 3.05) is 13.2 Å². The molecular weight excluding hydrogens is 238 g/mol. The summed E-state index contributed by atoms with van der Waals surface area (Å²) in [6.07, 6.45) is 6.59. The van der Waals surface area contributed by atoms with Crippen LogP contribution in [0.1, 0.15) is 46.0 Å². The lowest BCUT2D eigenvalue weighted by Crippen LogP contribution is -2.64. The molecule has 2 rings (SSSR count). The van der Waals surface area contributed by atoms with Crippen molar-refractivity contribution < 1.29 is 4.74 Å². The second kappa shape index (κ2) is 5.95. The number of ether oxygens (including phenoxy) is 1. The zero-order chi connectivity index (χ0) is 13.9. The van der Waals surface area contributed by atoms with E-state index in [0.717, 1.165) is 18.6 Å². The van der Waals surface area contributed by atoms with Crippen LogP contribution in [0.25, 0.3) is 0 Å². The SMILES string of the molecule is C=C(C)CN=C(N)NC1CC(OCC)C12CCCC2. The highest BCUT2D eigenvalue weighted by Crippen LogP contribution is 2.54. The summed E-state index contributed by atoms with van der Waals surface area (Å²) in [6.45, 7) is 9.28. The Morgan fingerprint density at radius 2 is 2.16 bits per heavy atom. The molecule has 19 heavy (non-hydrogen) atoms. The van der Waals surface area contributed by atoms with Gasteiger partial charge in [-0.2, -0.15) is 0 Å². The van der Waals surface area contributed by atoms with Crippen molar-refractivity contribution in [2.24, 2.45) is 16.1 Å². The second-order valence-electron chi connectivity index (χ2n) is 5.98. The molecule has 0 saturated heterocycles. The third-order valence-electron chi connectivity index (χ3n) is 4.53. The Hall–Kier alpha value is -1.03. The Labute approximate surface area is 116 Å². The van der Waals surface area contributed by atoms with E-state index in [1.807, 2.05) is 6.92 Å². The van der Waals surface area contributed by atoms with Crippen molar-refractivity contribution in [3.8, 4) is 0 Å². The molecule has 0 amide bonds. The molecule has 4 nitrogen and oxygen atoms in total. The number of nitrogens with two attached hydrogens (primary N) is 1. The number of nitrogens with one attached hydrogen (secondary N) is 1. The fourth-order valence-electron chi connectivity index (χ4n) is 3.53. The standard InChI is InChI=1S/C15H27N3O/c1-4-19-13-9-12(15(13)7-5-6-8-15)18-14(16)17-10-11(2)3/h12-13H,2,4-10H2,1,3H3,(H3,16,17,18). The van der Waals surface area contributed by atoms with Crippen LogP contribution >= 0.6 is 0 Å². The molecule has 0 aromatic rings. The molecule has 3 N–H and O–H groups in total. The van der Waals surface area contributed by atoms with Gasteiger partial charge >= 0.3 is 0 Å². The first kappa shape index (κ1) is 14.4. The van der Waals surface area contributed by atoms with Crippen LogP contribution in [0.4, 0.5) is 0 Å². The summed E-state index contributed by atoms with van der Waals surface area (Å²) < 4.78 is 5.89. The monoisotopic (exact) mass is 265 g/mol. The predicted octanol–water partition coefficient (Wildman–Crippen LogP) is 2.20. The van der Waals surface area contributed by atoms with Crippen LogP contribution in [0, 0.1) is 5.41 Å². The molecule has 2 atom stereocenters. The first-order valence-electron chi connectivity index (χ1n) is 7.41. The fraction of sp³-hybridized carbons (Fsp3) is 0.800. The predicted molar refractivity (Wildman–Crippen MR) is 79.2 cm³/mol. The number of nitrogens with zero attached hydrogens (tertiary/aromatic N) is 1. The number of aliphatic imine (C=N–C) groups is 1. The van der Waals surface area contributed by atoms with E-state index in [9.17, 15) is 0 Å². The maximum absolute atomic E-state index is 5.96. The van der Waals surface area contributed by atoms with Gasteiger partial charge in [-0.1, -0.05) is 25.0 Å². The molecule has 1 spiro atoms. The van der Waals surface area contributed by atoms with Crippen molar-refractivity contribution in [3.05, 3.63) is 12.2 Å². The molecule has 108 valence electrons. The Balaban J connectivity index is 1.94. The van der Waals surface area contributed by atoms with E-state index < -0.39 is 0 Å². The topological polar surface area (TPSA) is 59.6 Å². The molecule has 4 heteroatoms.